The zero-order valence-corrected chi connectivity index (χ0v) is 11.3. The molecule has 5 heteroatoms. The molecule has 5 nitrogen and oxygen atoms in total. The van der Waals surface area contributed by atoms with Crippen LogP contribution in [0.5, 0.6) is 0 Å². The maximum atomic E-state index is 5.00. The summed E-state index contributed by atoms with van der Waals surface area (Å²) in [4.78, 5) is 6.72. The van der Waals surface area contributed by atoms with Crippen molar-refractivity contribution in [1.29, 1.82) is 0 Å². The number of hydrogen-bond acceptors (Lipinski definition) is 3. The molecule has 1 unspecified atom stereocenters. The lowest BCUT2D eigenvalue weighted by Crippen LogP contribution is -2.45. The summed E-state index contributed by atoms with van der Waals surface area (Å²) in [5, 5.41) is 6.60. The van der Waals surface area contributed by atoms with E-state index >= 15 is 0 Å². The fourth-order valence-corrected chi connectivity index (χ4v) is 2.25. The second-order valence-electron chi connectivity index (χ2n) is 4.30. The van der Waals surface area contributed by atoms with Crippen molar-refractivity contribution in [3.8, 4) is 0 Å². The Morgan fingerprint density at radius 3 is 2.94 bits per heavy atom. The average Bonchev–Trinajstić information content (AvgIpc) is 2.81. The first-order chi connectivity index (χ1) is 8.31. The molecule has 1 aliphatic rings. The van der Waals surface area contributed by atoms with Crippen LogP contribution in [-0.2, 0) is 4.74 Å². The van der Waals surface area contributed by atoms with E-state index in [1.54, 1.807) is 14.2 Å². The van der Waals surface area contributed by atoms with E-state index in [9.17, 15) is 0 Å². The van der Waals surface area contributed by atoms with Crippen LogP contribution in [0.25, 0.3) is 0 Å². The fraction of sp³-hybridized carbons (Fsp3) is 0.917. The number of methoxy groups -OCH3 is 1. The Kier molecular flexibility index (Phi) is 6.96. The van der Waals surface area contributed by atoms with Crippen molar-refractivity contribution in [2.75, 3.05) is 46.9 Å². The van der Waals surface area contributed by atoms with Gasteiger partial charge in [0.15, 0.2) is 5.96 Å². The van der Waals surface area contributed by atoms with Crippen LogP contribution in [0.1, 0.15) is 19.8 Å². The fourth-order valence-electron chi connectivity index (χ4n) is 2.25. The minimum absolute atomic E-state index is 0.654. The van der Waals surface area contributed by atoms with Gasteiger partial charge in [0.05, 0.1) is 6.61 Å². The largest absolute Gasteiger partial charge is 0.383 e. The zero-order chi connectivity index (χ0) is 12.5. The van der Waals surface area contributed by atoms with Gasteiger partial charge < -0.3 is 15.4 Å². The molecule has 1 heterocycles. The highest BCUT2D eigenvalue weighted by molar-refractivity contribution is 5.79. The van der Waals surface area contributed by atoms with Crippen molar-refractivity contribution in [2.45, 2.75) is 25.8 Å². The maximum absolute atomic E-state index is 5.00. The van der Waals surface area contributed by atoms with Crippen molar-refractivity contribution in [3.63, 3.8) is 0 Å². The number of nitrogens with zero attached hydrogens (tertiary/aromatic N) is 2. The van der Waals surface area contributed by atoms with E-state index in [0.29, 0.717) is 12.6 Å². The van der Waals surface area contributed by atoms with Gasteiger partial charge in [0, 0.05) is 33.3 Å². The summed E-state index contributed by atoms with van der Waals surface area (Å²) in [5.74, 6) is 0.866. The second kappa shape index (κ2) is 8.31. The minimum Gasteiger partial charge on any atom is -0.383 e. The van der Waals surface area contributed by atoms with Crippen molar-refractivity contribution >= 4 is 5.96 Å². The van der Waals surface area contributed by atoms with Crippen LogP contribution >= 0.6 is 0 Å². The monoisotopic (exact) mass is 242 g/mol. The van der Waals surface area contributed by atoms with Crippen molar-refractivity contribution < 1.29 is 4.74 Å². The number of likely N-dealkylation sites (tertiary alicyclic amines) is 1. The molecule has 2 N–H and O–H groups in total. The lowest BCUT2D eigenvalue weighted by molar-refractivity contribution is 0.203. The number of aliphatic imine (C=N–C) groups is 1. The van der Waals surface area contributed by atoms with Gasteiger partial charge in [0.2, 0.25) is 0 Å². The highest BCUT2D eigenvalue weighted by Gasteiger charge is 2.22. The van der Waals surface area contributed by atoms with Crippen molar-refractivity contribution in [1.82, 2.24) is 15.5 Å². The van der Waals surface area contributed by atoms with E-state index in [1.165, 1.54) is 19.4 Å². The molecular weight excluding hydrogens is 216 g/mol. The van der Waals surface area contributed by atoms with E-state index < -0.39 is 0 Å². The van der Waals surface area contributed by atoms with Gasteiger partial charge in [0.1, 0.15) is 0 Å². The molecule has 0 aliphatic carbocycles. The van der Waals surface area contributed by atoms with Gasteiger partial charge >= 0.3 is 0 Å². The smallest absolute Gasteiger partial charge is 0.191 e. The Morgan fingerprint density at radius 1 is 1.47 bits per heavy atom. The van der Waals surface area contributed by atoms with Gasteiger partial charge in [-0.3, -0.25) is 9.89 Å². The molecule has 0 saturated carbocycles. The summed E-state index contributed by atoms with van der Waals surface area (Å²) >= 11 is 0. The number of ether oxygens (including phenoxy) is 1. The van der Waals surface area contributed by atoms with Crippen molar-refractivity contribution in [3.05, 3.63) is 0 Å². The van der Waals surface area contributed by atoms with Crippen LogP contribution in [0.4, 0.5) is 0 Å². The Balaban J connectivity index is 2.23. The standard InChI is InChI=1S/C12H26N4O/c1-4-16-8-5-6-11(16)10-15-12(13-2)14-7-9-17-3/h11H,4-10H2,1-3H3,(H2,13,14,15). The molecule has 1 fully saturated rings. The molecule has 17 heavy (non-hydrogen) atoms. The van der Waals surface area contributed by atoms with Crippen LogP contribution in [0.15, 0.2) is 4.99 Å². The van der Waals surface area contributed by atoms with Crippen LogP contribution in [-0.4, -0.2) is 63.8 Å². The van der Waals surface area contributed by atoms with Crippen LogP contribution in [0, 0.1) is 0 Å². The van der Waals surface area contributed by atoms with Crippen LogP contribution < -0.4 is 10.6 Å². The van der Waals surface area contributed by atoms with Crippen LogP contribution in [0.2, 0.25) is 0 Å². The first kappa shape index (κ1) is 14.3. The number of hydrogen-bond donors (Lipinski definition) is 2. The Bertz CT molecular complexity index is 233. The Morgan fingerprint density at radius 2 is 2.29 bits per heavy atom. The maximum Gasteiger partial charge on any atom is 0.191 e. The van der Waals surface area contributed by atoms with Gasteiger partial charge in [-0.2, -0.15) is 0 Å². The molecule has 0 bridgehead atoms. The summed E-state index contributed by atoms with van der Waals surface area (Å²) in [5.41, 5.74) is 0. The van der Waals surface area contributed by atoms with Gasteiger partial charge in [-0.05, 0) is 25.9 Å². The first-order valence-corrected chi connectivity index (χ1v) is 6.49. The molecule has 100 valence electrons. The highest BCUT2D eigenvalue weighted by atomic mass is 16.5. The summed E-state index contributed by atoms with van der Waals surface area (Å²) < 4.78 is 5.00. The predicted octanol–water partition coefficient (Wildman–Crippen LogP) is 0.282. The number of guanidine groups is 1. The molecule has 1 saturated heterocycles. The third-order valence-corrected chi connectivity index (χ3v) is 3.23. The van der Waals surface area contributed by atoms with Crippen LogP contribution in [0.3, 0.4) is 0 Å². The molecular formula is C12H26N4O. The normalized spacial score (nSPS) is 21.8. The second-order valence-corrected chi connectivity index (χ2v) is 4.30. The summed E-state index contributed by atoms with van der Waals surface area (Å²) in [7, 11) is 3.50. The lowest BCUT2D eigenvalue weighted by atomic mass is 10.2. The lowest BCUT2D eigenvalue weighted by Gasteiger charge is -2.23. The molecule has 0 spiro atoms. The molecule has 0 aromatic rings. The number of rotatable bonds is 6. The number of likely N-dealkylation sites (N-methyl/N-ethyl adjacent to an activating group) is 1. The van der Waals surface area contributed by atoms with E-state index in [1.807, 2.05) is 0 Å². The molecule has 0 amide bonds. The quantitative estimate of drug-likeness (QED) is 0.399. The summed E-state index contributed by atoms with van der Waals surface area (Å²) in [6.07, 6.45) is 2.60. The molecule has 0 radical (unpaired) electrons. The third-order valence-electron chi connectivity index (χ3n) is 3.23. The molecule has 1 rings (SSSR count). The average molecular weight is 242 g/mol. The third kappa shape index (κ3) is 4.91. The van der Waals surface area contributed by atoms with E-state index in [-0.39, 0.29) is 0 Å². The summed E-state index contributed by atoms with van der Waals surface area (Å²) in [6.45, 7) is 7.06. The van der Waals surface area contributed by atoms with E-state index in [2.05, 4.69) is 27.4 Å². The van der Waals surface area contributed by atoms with Crippen molar-refractivity contribution in [2.24, 2.45) is 4.99 Å². The topological polar surface area (TPSA) is 48.9 Å². The predicted molar refractivity (Wildman–Crippen MR) is 71.5 cm³/mol. The highest BCUT2D eigenvalue weighted by Crippen LogP contribution is 2.15. The molecule has 1 atom stereocenters. The SMILES string of the molecule is CCN1CCCC1CNC(=NC)NCCOC. The summed E-state index contributed by atoms with van der Waals surface area (Å²) in [6, 6.07) is 0.654. The van der Waals surface area contributed by atoms with Gasteiger partial charge in [0.25, 0.3) is 0 Å². The van der Waals surface area contributed by atoms with Gasteiger partial charge in [-0.15, -0.1) is 0 Å². The molecule has 0 aromatic carbocycles. The molecule has 0 aromatic heterocycles. The Labute approximate surface area is 105 Å². The zero-order valence-electron chi connectivity index (χ0n) is 11.3. The molecule has 1 aliphatic heterocycles. The Hall–Kier alpha value is -0.810. The number of nitrogens with one attached hydrogen (secondary N) is 2. The van der Waals surface area contributed by atoms with E-state index in [0.717, 1.165) is 25.6 Å². The van der Waals surface area contributed by atoms with Gasteiger partial charge in [-0.25, -0.2) is 0 Å². The van der Waals surface area contributed by atoms with Gasteiger partial charge in [-0.1, -0.05) is 6.92 Å². The first-order valence-electron chi connectivity index (χ1n) is 6.49. The van der Waals surface area contributed by atoms with E-state index in [4.69, 9.17) is 4.74 Å². The minimum atomic E-state index is 0.654.